The molecule has 2 amide bonds. The number of amides is 2. The summed E-state index contributed by atoms with van der Waals surface area (Å²) in [5.41, 5.74) is 2.25. The first-order valence-electron chi connectivity index (χ1n) is 12.5. The van der Waals surface area contributed by atoms with Crippen LogP contribution in [0.2, 0.25) is 10.0 Å². The van der Waals surface area contributed by atoms with Crippen molar-refractivity contribution in [2.45, 2.75) is 65.5 Å². The van der Waals surface area contributed by atoms with Crippen molar-refractivity contribution >= 4 is 50.7 Å². The molecular formula is C27H37Cl2N3O4S. The maximum Gasteiger partial charge on any atom is 0.242 e. The minimum absolute atomic E-state index is 0.0812. The molecule has 1 unspecified atom stereocenters. The summed E-state index contributed by atoms with van der Waals surface area (Å²) in [6.07, 6.45) is 3.76. The van der Waals surface area contributed by atoms with Crippen LogP contribution in [0.3, 0.4) is 0 Å². The predicted molar refractivity (Wildman–Crippen MR) is 152 cm³/mol. The molecule has 1 N–H and O–H groups in total. The Labute approximate surface area is 231 Å². The third-order valence-corrected chi connectivity index (χ3v) is 7.93. The third-order valence-electron chi connectivity index (χ3n) is 5.99. The molecule has 10 heteroatoms. The second-order valence-corrected chi connectivity index (χ2v) is 11.8. The van der Waals surface area contributed by atoms with Crippen molar-refractivity contribution in [3.8, 4) is 0 Å². The summed E-state index contributed by atoms with van der Waals surface area (Å²) >= 11 is 12.2. The molecule has 0 aromatic heterocycles. The van der Waals surface area contributed by atoms with E-state index in [9.17, 15) is 18.0 Å². The first-order chi connectivity index (χ1) is 17.5. The van der Waals surface area contributed by atoms with Crippen molar-refractivity contribution in [2.75, 3.05) is 23.7 Å². The van der Waals surface area contributed by atoms with E-state index in [0.29, 0.717) is 35.1 Å². The van der Waals surface area contributed by atoms with Crippen molar-refractivity contribution in [1.29, 1.82) is 0 Å². The summed E-state index contributed by atoms with van der Waals surface area (Å²) in [4.78, 5) is 28.0. The molecule has 2 aromatic rings. The number of hydrogen-bond acceptors (Lipinski definition) is 4. The number of anilines is 1. The van der Waals surface area contributed by atoms with Crippen LogP contribution in [0.5, 0.6) is 0 Å². The Morgan fingerprint density at radius 2 is 1.76 bits per heavy atom. The Morgan fingerprint density at radius 3 is 2.35 bits per heavy atom. The van der Waals surface area contributed by atoms with Gasteiger partial charge in [0.05, 0.1) is 22.0 Å². The van der Waals surface area contributed by atoms with Crippen LogP contribution in [0.1, 0.15) is 57.1 Å². The lowest BCUT2D eigenvalue weighted by Crippen LogP contribution is -2.49. The predicted octanol–water partition coefficient (Wildman–Crippen LogP) is 5.57. The van der Waals surface area contributed by atoms with Gasteiger partial charge < -0.3 is 10.2 Å². The van der Waals surface area contributed by atoms with Crippen molar-refractivity contribution in [3.63, 3.8) is 0 Å². The molecule has 0 saturated heterocycles. The van der Waals surface area contributed by atoms with E-state index in [1.54, 1.807) is 41.3 Å². The average Bonchev–Trinajstić information content (AvgIpc) is 2.83. The minimum atomic E-state index is -3.54. The van der Waals surface area contributed by atoms with Gasteiger partial charge in [0.15, 0.2) is 0 Å². The topological polar surface area (TPSA) is 86.8 Å². The van der Waals surface area contributed by atoms with Crippen molar-refractivity contribution in [2.24, 2.45) is 0 Å². The summed E-state index contributed by atoms with van der Waals surface area (Å²) in [5.74, 6) is -0.442. The lowest BCUT2D eigenvalue weighted by atomic mass is 10.1. The Bertz CT molecular complexity index is 1170. The maximum atomic E-state index is 13.5. The number of benzene rings is 2. The van der Waals surface area contributed by atoms with E-state index in [-0.39, 0.29) is 31.3 Å². The molecule has 7 nitrogen and oxygen atoms in total. The Balaban J connectivity index is 2.22. The van der Waals surface area contributed by atoms with E-state index in [2.05, 4.69) is 5.32 Å². The second-order valence-electron chi connectivity index (χ2n) is 9.12. The number of rotatable bonds is 14. The summed E-state index contributed by atoms with van der Waals surface area (Å²) in [6.45, 7) is 6.67. The van der Waals surface area contributed by atoms with Gasteiger partial charge in [-0.1, -0.05) is 61.7 Å². The smallest absolute Gasteiger partial charge is 0.242 e. The number of halogens is 2. The zero-order valence-electron chi connectivity index (χ0n) is 22.0. The van der Waals surface area contributed by atoms with Crippen LogP contribution < -0.4 is 9.62 Å². The van der Waals surface area contributed by atoms with Gasteiger partial charge >= 0.3 is 0 Å². The fraction of sp³-hybridized carbons (Fsp3) is 0.481. The van der Waals surface area contributed by atoms with Gasteiger partial charge in [-0.25, -0.2) is 8.42 Å². The molecule has 37 heavy (non-hydrogen) atoms. The first-order valence-corrected chi connectivity index (χ1v) is 15.1. The van der Waals surface area contributed by atoms with Crippen LogP contribution >= 0.6 is 23.2 Å². The van der Waals surface area contributed by atoms with E-state index in [1.807, 2.05) is 26.8 Å². The molecule has 0 spiro atoms. The largest absolute Gasteiger partial charge is 0.354 e. The third kappa shape index (κ3) is 9.51. The molecule has 1 atom stereocenters. The number of unbranched alkanes of at least 4 members (excludes halogenated alkanes) is 1. The fourth-order valence-corrected chi connectivity index (χ4v) is 5.33. The quantitative estimate of drug-likeness (QED) is 0.301. The monoisotopic (exact) mass is 569 g/mol. The Morgan fingerprint density at radius 1 is 1.03 bits per heavy atom. The van der Waals surface area contributed by atoms with Gasteiger partial charge in [0.25, 0.3) is 0 Å². The molecule has 0 bridgehead atoms. The van der Waals surface area contributed by atoms with Crippen LogP contribution in [-0.2, 0) is 26.2 Å². The summed E-state index contributed by atoms with van der Waals surface area (Å²) < 4.78 is 26.3. The van der Waals surface area contributed by atoms with Crippen LogP contribution in [0.25, 0.3) is 0 Å². The van der Waals surface area contributed by atoms with Gasteiger partial charge in [-0.2, -0.15) is 0 Å². The van der Waals surface area contributed by atoms with Crippen LogP contribution in [0.4, 0.5) is 5.69 Å². The lowest BCUT2D eigenvalue weighted by molar-refractivity contribution is -0.141. The number of carbonyl (C=O) groups is 2. The highest BCUT2D eigenvalue weighted by atomic mass is 35.5. The van der Waals surface area contributed by atoms with Gasteiger partial charge in [0.1, 0.15) is 6.04 Å². The zero-order valence-corrected chi connectivity index (χ0v) is 24.3. The molecule has 0 saturated carbocycles. The van der Waals surface area contributed by atoms with Crippen molar-refractivity contribution in [1.82, 2.24) is 10.2 Å². The molecule has 2 rings (SSSR count). The summed E-state index contributed by atoms with van der Waals surface area (Å²) in [7, 11) is -3.54. The number of nitrogens with one attached hydrogen (secondary N) is 1. The molecule has 0 aliphatic carbocycles. The van der Waals surface area contributed by atoms with Gasteiger partial charge in [0.2, 0.25) is 21.8 Å². The van der Waals surface area contributed by atoms with Crippen LogP contribution in [0, 0.1) is 6.92 Å². The molecule has 0 aliphatic heterocycles. The van der Waals surface area contributed by atoms with Gasteiger partial charge in [-0.05, 0) is 61.6 Å². The van der Waals surface area contributed by atoms with Gasteiger partial charge in [0, 0.05) is 26.1 Å². The van der Waals surface area contributed by atoms with Gasteiger partial charge in [-0.15, -0.1) is 0 Å². The molecule has 2 aromatic carbocycles. The van der Waals surface area contributed by atoms with E-state index in [0.717, 1.165) is 30.2 Å². The number of hydrogen-bond donors (Lipinski definition) is 1. The molecule has 0 heterocycles. The van der Waals surface area contributed by atoms with E-state index >= 15 is 0 Å². The zero-order chi connectivity index (χ0) is 27.6. The van der Waals surface area contributed by atoms with Crippen LogP contribution in [0.15, 0.2) is 42.5 Å². The van der Waals surface area contributed by atoms with Gasteiger partial charge in [-0.3, -0.25) is 13.9 Å². The fourth-order valence-electron chi connectivity index (χ4n) is 4.05. The molecule has 204 valence electrons. The van der Waals surface area contributed by atoms with Crippen LogP contribution in [-0.4, -0.2) is 50.5 Å². The normalized spacial score (nSPS) is 12.2. The first kappa shape index (κ1) is 30.9. The highest BCUT2D eigenvalue weighted by Crippen LogP contribution is 2.25. The Kier molecular flexibility index (Phi) is 12.2. The highest BCUT2D eigenvalue weighted by Gasteiger charge is 2.29. The van der Waals surface area contributed by atoms with Crippen molar-refractivity contribution < 1.29 is 18.0 Å². The van der Waals surface area contributed by atoms with E-state index < -0.39 is 16.1 Å². The second kappa shape index (κ2) is 14.6. The summed E-state index contributed by atoms with van der Waals surface area (Å²) in [5, 5.41) is 3.71. The SMILES string of the molecule is CCCCNC(=O)C(CC)N(Cc1ccc(Cl)c(Cl)c1)C(=O)CCCN(c1cccc(C)c1)S(C)(=O)=O. The number of nitrogens with zero attached hydrogens (tertiary/aromatic N) is 2. The molecule has 0 fully saturated rings. The Hall–Kier alpha value is -2.29. The highest BCUT2D eigenvalue weighted by molar-refractivity contribution is 7.92. The minimum Gasteiger partial charge on any atom is -0.354 e. The standard InChI is InChI=1S/C27H37Cl2N3O4S/c1-5-7-15-30-27(34)25(6-2)31(19-21-13-14-23(28)24(29)18-21)26(33)12-9-16-32(37(4,35)36)22-11-8-10-20(3)17-22/h8,10-11,13-14,17-18,25H,5-7,9,12,15-16,19H2,1-4H3,(H,30,34). The summed E-state index contributed by atoms with van der Waals surface area (Å²) in [6, 6.07) is 11.7. The molecule has 0 radical (unpaired) electrons. The number of aryl methyl sites for hydroxylation is 1. The van der Waals surface area contributed by atoms with E-state index in [4.69, 9.17) is 23.2 Å². The number of carbonyl (C=O) groups excluding carboxylic acids is 2. The maximum absolute atomic E-state index is 13.5. The molecular weight excluding hydrogens is 533 g/mol. The van der Waals surface area contributed by atoms with E-state index in [1.165, 1.54) is 4.31 Å². The molecule has 0 aliphatic rings. The average molecular weight is 571 g/mol. The van der Waals surface area contributed by atoms with Crippen molar-refractivity contribution in [3.05, 3.63) is 63.6 Å². The number of sulfonamides is 1. The lowest BCUT2D eigenvalue weighted by Gasteiger charge is -2.31.